The fourth-order valence-electron chi connectivity index (χ4n) is 1.81. The van der Waals surface area contributed by atoms with Gasteiger partial charge in [-0.1, -0.05) is 13.8 Å². The molecular weight excluding hydrogens is 224 g/mol. The molecule has 2 N–H and O–H groups in total. The lowest BCUT2D eigenvalue weighted by Crippen LogP contribution is -2.29. The minimum atomic E-state index is 0.915. The van der Waals surface area contributed by atoms with Gasteiger partial charge in [0.05, 0.1) is 0 Å². The van der Waals surface area contributed by atoms with Crippen LogP contribution in [0.25, 0.3) is 0 Å². The molecule has 0 bridgehead atoms. The molecule has 0 fully saturated rings. The molecule has 18 heavy (non-hydrogen) atoms. The molecule has 2 aliphatic heterocycles. The average Bonchev–Trinajstić information content (AvgIpc) is 2.41. The summed E-state index contributed by atoms with van der Waals surface area (Å²) in [5.74, 6) is 0. The van der Waals surface area contributed by atoms with Gasteiger partial charge in [-0.05, 0) is 35.5 Å². The van der Waals surface area contributed by atoms with E-state index in [4.69, 9.17) is 0 Å². The normalized spacial score (nSPS) is 18.1. The molecule has 0 aliphatic carbocycles. The maximum absolute atomic E-state index is 3.21. The molecule has 4 heteroatoms. The smallest absolute Gasteiger partial charge is 0.0215 e. The Kier molecular flexibility index (Phi) is 4.39. The van der Waals surface area contributed by atoms with Crippen molar-refractivity contribution >= 4 is 0 Å². The first-order valence-electron chi connectivity index (χ1n) is 6.34. The summed E-state index contributed by atoms with van der Waals surface area (Å²) < 4.78 is 0. The van der Waals surface area contributed by atoms with Crippen molar-refractivity contribution in [1.29, 1.82) is 0 Å². The molecule has 0 unspecified atom stereocenters. The van der Waals surface area contributed by atoms with Crippen molar-refractivity contribution in [2.45, 2.75) is 13.8 Å². The second kappa shape index (κ2) is 6.23. The van der Waals surface area contributed by atoms with E-state index in [1.165, 1.54) is 11.1 Å². The Morgan fingerprint density at radius 1 is 0.722 bits per heavy atom. The van der Waals surface area contributed by atoms with Gasteiger partial charge < -0.3 is 0 Å². The van der Waals surface area contributed by atoms with Crippen molar-refractivity contribution in [2.24, 2.45) is 0 Å². The first kappa shape index (κ1) is 12.7. The second-order valence-electron chi connectivity index (χ2n) is 4.01. The van der Waals surface area contributed by atoms with Gasteiger partial charge in [-0.15, -0.1) is 0 Å². The molecule has 0 saturated heterocycles. The third-order valence-corrected chi connectivity index (χ3v) is 2.67. The quantitative estimate of drug-likeness (QED) is 0.792. The Labute approximate surface area is 109 Å². The van der Waals surface area contributed by atoms with Crippen LogP contribution in [-0.2, 0) is 0 Å². The number of hydrogen-bond acceptors (Lipinski definition) is 4. The van der Waals surface area contributed by atoms with Crippen molar-refractivity contribution in [1.82, 2.24) is 20.9 Å². The Bertz CT molecular complexity index is 357. The van der Waals surface area contributed by atoms with Crippen LogP contribution in [0.15, 0.2) is 60.3 Å². The molecule has 0 aromatic heterocycles. The van der Waals surface area contributed by atoms with Crippen molar-refractivity contribution < 1.29 is 0 Å². The van der Waals surface area contributed by atoms with Crippen molar-refractivity contribution in [2.75, 3.05) is 13.1 Å². The van der Waals surface area contributed by atoms with Gasteiger partial charge in [0.15, 0.2) is 0 Å². The zero-order chi connectivity index (χ0) is 12.8. The van der Waals surface area contributed by atoms with Crippen LogP contribution in [0.5, 0.6) is 0 Å². The summed E-state index contributed by atoms with van der Waals surface area (Å²) in [4.78, 5) is 0. The third-order valence-electron chi connectivity index (χ3n) is 2.67. The number of allylic oxidation sites excluding steroid dienone is 6. The third kappa shape index (κ3) is 3.12. The standard InChI is InChI=1S/C14H20N4/c1-3-15-17-9-5-13(6-10-17)14-7-11-18(12-8-14)16-4-2/h5-12,15-16H,3-4H2,1-2H3. The zero-order valence-electron chi connectivity index (χ0n) is 10.9. The Balaban J connectivity index is 2.03. The van der Waals surface area contributed by atoms with Gasteiger partial charge in [-0.2, -0.15) is 0 Å². The van der Waals surface area contributed by atoms with Gasteiger partial charge in [-0.25, -0.2) is 10.9 Å². The van der Waals surface area contributed by atoms with Crippen LogP contribution in [0.4, 0.5) is 0 Å². The first-order chi connectivity index (χ1) is 8.83. The van der Waals surface area contributed by atoms with Crippen LogP contribution in [0.1, 0.15) is 13.8 Å². The molecule has 0 spiro atoms. The summed E-state index contributed by atoms with van der Waals surface area (Å²) in [7, 11) is 0. The van der Waals surface area contributed by atoms with Crippen LogP contribution < -0.4 is 10.9 Å². The van der Waals surface area contributed by atoms with E-state index < -0.39 is 0 Å². The van der Waals surface area contributed by atoms with Crippen LogP contribution in [0.2, 0.25) is 0 Å². The summed E-state index contributed by atoms with van der Waals surface area (Å²) in [5.41, 5.74) is 8.86. The highest BCUT2D eigenvalue weighted by molar-refractivity contribution is 5.48. The lowest BCUT2D eigenvalue weighted by atomic mass is 10.1. The SMILES string of the molecule is CCNN1C=CC(=C2C=CN(NCC)C=C2)C=C1. The van der Waals surface area contributed by atoms with Crippen molar-refractivity contribution in [3.63, 3.8) is 0 Å². The molecule has 0 saturated carbocycles. The van der Waals surface area contributed by atoms with Gasteiger partial charge in [0.1, 0.15) is 0 Å². The highest BCUT2D eigenvalue weighted by atomic mass is 15.5. The molecule has 2 aliphatic rings. The number of nitrogens with one attached hydrogen (secondary N) is 2. The van der Waals surface area contributed by atoms with Gasteiger partial charge >= 0.3 is 0 Å². The lowest BCUT2D eigenvalue weighted by Gasteiger charge is -2.21. The number of rotatable bonds is 4. The molecule has 2 rings (SSSR count). The van der Waals surface area contributed by atoms with Crippen LogP contribution in [-0.4, -0.2) is 23.1 Å². The molecule has 2 heterocycles. The minimum Gasteiger partial charge on any atom is -0.292 e. The molecule has 0 radical (unpaired) electrons. The van der Waals surface area contributed by atoms with E-state index in [9.17, 15) is 0 Å². The van der Waals surface area contributed by atoms with Crippen molar-refractivity contribution in [3.05, 3.63) is 60.3 Å². The van der Waals surface area contributed by atoms with Crippen LogP contribution in [0, 0.1) is 0 Å². The second-order valence-corrected chi connectivity index (χ2v) is 4.01. The summed E-state index contributed by atoms with van der Waals surface area (Å²) in [6.07, 6.45) is 16.6. The van der Waals surface area contributed by atoms with E-state index in [2.05, 4.69) is 49.0 Å². The molecule has 0 aromatic rings. The van der Waals surface area contributed by atoms with Gasteiger partial charge in [0.25, 0.3) is 0 Å². The number of hydrazine groups is 2. The Hall–Kier alpha value is -1.78. The van der Waals surface area contributed by atoms with Gasteiger partial charge in [0, 0.05) is 37.9 Å². The molecule has 4 nitrogen and oxygen atoms in total. The largest absolute Gasteiger partial charge is 0.292 e. The lowest BCUT2D eigenvalue weighted by molar-refractivity contribution is 0.373. The van der Waals surface area contributed by atoms with E-state index in [0.717, 1.165) is 13.1 Å². The molecular formula is C14H20N4. The zero-order valence-corrected chi connectivity index (χ0v) is 10.9. The molecule has 0 aromatic carbocycles. The molecule has 0 amide bonds. The predicted molar refractivity (Wildman–Crippen MR) is 74.6 cm³/mol. The Morgan fingerprint density at radius 2 is 1.06 bits per heavy atom. The summed E-state index contributed by atoms with van der Waals surface area (Å²) in [6, 6.07) is 0. The minimum absolute atomic E-state index is 0.915. The summed E-state index contributed by atoms with van der Waals surface area (Å²) in [5, 5.41) is 3.93. The highest BCUT2D eigenvalue weighted by Crippen LogP contribution is 2.18. The highest BCUT2D eigenvalue weighted by Gasteiger charge is 2.05. The maximum Gasteiger partial charge on any atom is 0.0215 e. The topological polar surface area (TPSA) is 30.5 Å². The summed E-state index contributed by atoms with van der Waals surface area (Å²) in [6.45, 7) is 5.99. The fourth-order valence-corrected chi connectivity index (χ4v) is 1.81. The predicted octanol–water partition coefficient (Wildman–Crippen LogP) is 2.02. The average molecular weight is 244 g/mol. The van der Waals surface area contributed by atoms with E-state index in [-0.39, 0.29) is 0 Å². The van der Waals surface area contributed by atoms with E-state index >= 15 is 0 Å². The first-order valence-corrected chi connectivity index (χ1v) is 6.34. The Morgan fingerprint density at radius 3 is 1.33 bits per heavy atom. The monoisotopic (exact) mass is 244 g/mol. The van der Waals surface area contributed by atoms with Crippen LogP contribution in [0.3, 0.4) is 0 Å². The van der Waals surface area contributed by atoms with Gasteiger partial charge in [-0.3, -0.25) is 10.0 Å². The van der Waals surface area contributed by atoms with Crippen molar-refractivity contribution in [3.8, 4) is 0 Å². The number of nitrogens with zero attached hydrogens (tertiary/aromatic N) is 2. The van der Waals surface area contributed by atoms with E-state index in [1.807, 2.05) is 34.8 Å². The fraction of sp³-hybridized carbons (Fsp3) is 0.286. The van der Waals surface area contributed by atoms with E-state index in [1.54, 1.807) is 0 Å². The number of hydrogen-bond donors (Lipinski definition) is 2. The van der Waals surface area contributed by atoms with Crippen LogP contribution >= 0.6 is 0 Å². The molecule has 0 atom stereocenters. The van der Waals surface area contributed by atoms with Gasteiger partial charge in [0.2, 0.25) is 0 Å². The summed E-state index contributed by atoms with van der Waals surface area (Å²) >= 11 is 0. The maximum atomic E-state index is 3.21. The molecule has 96 valence electrons. The van der Waals surface area contributed by atoms with E-state index in [0.29, 0.717) is 0 Å².